The van der Waals surface area contributed by atoms with Gasteiger partial charge in [-0.05, 0) is 18.6 Å². The number of benzene rings is 1. The number of rotatable bonds is 8. The molecular weight excluding hydrogens is 282 g/mol. The summed E-state index contributed by atoms with van der Waals surface area (Å²) in [5.41, 5.74) is 0.348. The van der Waals surface area contributed by atoms with Gasteiger partial charge in [0, 0.05) is 24.9 Å². The zero-order valence-corrected chi connectivity index (χ0v) is 11.9. The van der Waals surface area contributed by atoms with Gasteiger partial charge in [-0.25, -0.2) is 13.1 Å². The second-order valence-corrected chi connectivity index (χ2v) is 5.97. The summed E-state index contributed by atoms with van der Waals surface area (Å²) in [5, 5.41) is 8.47. The Morgan fingerprint density at radius 1 is 1.30 bits per heavy atom. The third-order valence-electron chi connectivity index (χ3n) is 2.65. The average molecular weight is 299 g/mol. The van der Waals surface area contributed by atoms with Crippen LogP contribution in [-0.2, 0) is 14.8 Å². The summed E-state index contributed by atoms with van der Waals surface area (Å²) in [5.74, 6) is -1.10. The first-order chi connectivity index (χ1) is 9.36. The summed E-state index contributed by atoms with van der Waals surface area (Å²) < 4.78 is 26.3. The molecule has 110 valence electrons. The van der Waals surface area contributed by atoms with Crippen LogP contribution in [0.15, 0.2) is 29.2 Å². The molecule has 0 saturated carbocycles. The van der Waals surface area contributed by atoms with Crippen LogP contribution in [0, 0.1) is 0 Å². The molecule has 1 aromatic rings. The van der Waals surface area contributed by atoms with E-state index in [1.165, 1.54) is 18.2 Å². The second kappa shape index (κ2) is 7.16. The van der Waals surface area contributed by atoms with Gasteiger partial charge in [0.2, 0.25) is 10.0 Å². The van der Waals surface area contributed by atoms with Crippen molar-refractivity contribution in [2.45, 2.75) is 31.1 Å². The van der Waals surface area contributed by atoms with Crippen LogP contribution in [0.4, 0.5) is 0 Å². The Labute approximate surface area is 117 Å². The summed E-state index contributed by atoms with van der Waals surface area (Å²) in [6.07, 6.45) is 0.411. The number of hydrogen-bond donors (Lipinski definition) is 2. The molecule has 0 amide bonds. The fraction of sp³-hybridized carbons (Fsp3) is 0.385. The molecule has 2 N–H and O–H groups in total. The van der Waals surface area contributed by atoms with E-state index in [0.29, 0.717) is 12.0 Å². The van der Waals surface area contributed by atoms with Crippen molar-refractivity contribution in [2.24, 2.45) is 0 Å². The first-order valence-electron chi connectivity index (χ1n) is 6.21. The van der Waals surface area contributed by atoms with Crippen LogP contribution in [0.25, 0.3) is 0 Å². The Morgan fingerprint density at radius 2 is 2.00 bits per heavy atom. The molecule has 0 bridgehead atoms. The van der Waals surface area contributed by atoms with Gasteiger partial charge in [-0.1, -0.05) is 19.1 Å². The van der Waals surface area contributed by atoms with Crippen molar-refractivity contribution in [3.05, 3.63) is 29.8 Å². The molecule has 0 fully saturated rings. The minimum atomic E-state index is -3.72. The van der Waals surface area contributed by atoms with Gasteiger partial charge >= 0.3 is 5.97 Å². The minimum Gasteiger partial charge on any atom is -0.481 e. The zero-order chi connectivity index (χ0) is 15.2. The molecule has 0 atom stereocenters. The summed E-state index contributed by atoms with van der Waals surface area (Å²) >= 11 is 0. The predicted molar refractivity (Wildman–Crippen MR) is 73.1 cm³/mol. The maximum absolute atomic E-state index is 12.0. The summed E-state index contributed by atoms with van der Waals surface area (Å²) in [4.78, 5) is 21.9. The maximum Gasteiger partial charge on any atom is 0.303 e. The molecule has 0 unspecified atom stereocenters. The normalized spacial score (nSPS) is 11.2. The maximum atomic E-state index is 12.0. The highest BCUT2D eigenvalue weighted by Crippen LogP contribution is 2.13. The topological polar surface area (TPSA) is 101 Å². The van der Waals surface area contributed by atoms with Gasteiger partial charge in [-0.3, -0.25) is 9.59 Å². The SMILES string of the molecule is CCC(=O)c1cccc(S(=O)(=O)NCCCC(=O)O)c1. The molecule has 0 aliphatic heterocycles. The van der Waals surface area contributed by atoms with Crippen molar-refractivity contribution in [2.75, 3.05) is 6.54 Å². The van der Waals surface area contributed by atoms with Crippen molar-refractivity contribution >= 4 is 21.8 Å². The van der Waals surface area contributed by atoms with Crippen molar-refractivity contribution < 1.29 is 23.1 Å². The zero-order valence-electron chi connectivity index (χ0n) is 11.1. The van der Waals surface area contributed by atoms with Gasteiger partial charge in [-0.2, -0.15) is 0 Å². The van der Waals surface area contributed by atoms with E-state index in [4.69, 9.17) is 5.11 Å². The van der Waals surface area contributed by atoms with Crippen molar-refractivity contribution in [1.29, 1.82) is 0 Å². The number of aliphatic carboxylic acids is 1. The lowest BCUT2D eigenvalue weighted by Crippen LogP contribution is -2.25. The monoisotopic (exact) mass is 299 g/mol. The predicted octanol–water partition coefficient (Wildman–Crippen LogP) is 1.42. The second-order valence-electron chi connectivity index (χ2n) is 4.20. The lowest BCUT2D eigenvalue weighted by Gasteiger charge is -2.07. The molecule has 0 heterocycles. The van der Waals surface area contributed by atoms with Gasteiger partial charge in [-0.15, -0.1) is 0 Å². The molecule has 0 aromatic heterocycles. The van der Waals surface area contributed by atoms with E-state index in [-0.39, 0.29) is 30.1 Å². The van der Waals surface area contributed by atoms with E-state index in [9.17, 15) is 18.0 Å². The number of carboxylic acid groups (broad SMARTS) is 1. The largest absolute Gasteiger partial charge is 0.481 e. The molecule has 6 nitrogen and oxygen atoms in total. The van der Waals surface area contributed by atoms with Gasteiger partial charge in [0.15, 0.2) is 5.78 Å². The van der Waals surface area contributed by atoms with Crippen LogP contribution in [0.1, 0.15) is 36.5 Å². The lowest BCUT2D eigenvalue weighted by atomic mass is 10.1. The number of hydrogen-bond acceptors (Lipinski definition) is 4. The molecule has 20 heavy (non-hydrogen) atoms. The molecule has 0 saturated heterocycles. The number of Topliss-reactive ketones (excluding diaryl/α,β-unsaturated/α-hetero) is 1. The van der Waals surface area contributed by atoms with Crippen LogP contribution in [0.3, 0.4) is 0 Å². The van der Waals surface area contributed by atoms with Crippen molar-refractivity contribution in [3.63, 3.8) is 0 Å². The third kappa shape index (κ3) is 4.75. The first kappa shape index (κ1) is 16.3. The minimum absolute atomic E-state index is 0.00660. The fourth-order valence-electron chi connectivity index (χ4n) is 1.57. The first-order valence-corrected chi connectivity index (χ1v) is 7.70. The third-order valence-corrected chi connectivity index (χ3v) is 4.11. The van der Waals surface area contributed by atoms with Gasteiger partial charge in [0.25, 0.3) is 0 Å². The van der Waals surface area contributed by atoms with Gasteiger partial charge in [0.05, 0.1) is 4.90 Å². The number of ketones is 1. The summed E-state index contributed by atoms with van der Waals surface area (Å²) in [7, 11) is -3.72. The number of sulfonamides is 1. The van der Waals surface area contributed by atoms with Crippen LogP contribution in [0.2, 0.25) is 0 Å². The Morgan fingerprint density at radius 3 is 2.60 bits per heavy atom. The number of carboxylic acids is 1. The highest BCUT2D eigenvalue weighted by atomic mass is 32.2. The molecule has 0 aliphatic carbocycles. The summed E-state index contributed by atoms with van der Waals surface area (Å²) in [6.45, 7) is 1.74. The lowest BCUT2D eigenvalue weighted by molar-refractivity contribution is -0.137. The molecule has 0 radical (unpaired) electrons. The highest BCUT2D eigenvalue weighted by molar-refractivity contribution is 7.89. The highest BCUT2D eigenvalue weighted by Gasteiger charge is 2.15. The average Bonchev–Trinajstić information content (AvgIpc) is 2.42. The number of carbonyl (C=O) groups is 2. The van der Waals surface area contributed by atoms with Crippen LogP contribution in [0.5, 0.6) is 0 Å². The number of carbonyl (C=O) groups excluding carboxylic acids is 1. The van der Waals surface area contributed by atoms with Crippen LogP contribution < -0.4 is 4.72 Å². The molecule has 0 spiro atoms. The molecule has 0 aliphatic rings. The van der Waals surface area contributed by atoms with E-state index in [1.807, 2.05) is 0 Å². The molecule has 7 heteroatoms. The van der Waals surface area contributed by atoms with Gasteiger partial charge in [0.1, 0.15) is 0 Å². The fourth-order valence-corrected chi connectivity index (χ4v) is 2.69. The van der Waals surface area contributed by atoms with E-state index in [2.05, 4.69) is 4.72 Å². The standard InChI is InChI=1S/C13H17NO5S/c1-2-12(15)10-5-3-6-11(9-10)20(18,19)14-8-4-7-13(16)17/h3,5-6,9,14H,2,4,7-8H2,1H3,(H,16,17). The van der Waals surface area contributed by atoms with E-state index in [1.54, 1.807) is 13.0 Å². The van der Waals surface area contributed by atoms with E-state index < -0.39 is 16.0 Å². The van der Waals surface area contributed by atoms with Crippen LogP contribution >= 0.6 is 0 Å². The molecule has 1 rings (SSSR count). The Bertz CT molecular complexity index is 595. The quantitative estimate of drug-likeness (QED) is 0.558. The smallest absolute Gasteiger partial charge is 0.303 e. The molecular formula is C13H17NO5S. The van der Waals surface area contributed by atoms with Gasteiger partial charge < -0.3 is 5.11 Å². The Kier molecular flexibility index (Phi) is 5.84. The molecule has 1 aromatic carbocycles. The van der Waals surface area contributed by atoms with E-state index >= 15 is 0 Å². The number of nitrogens with one attached hydrogen (secondary N) is 1. The Balaban J connectivity index is 2.77. The van der Waals surface area contributed by atoms with Crippen LogP contribution in [-0.4, -0.2) is 31.8 Å². The van der Waals surface area contributed by atoms with Crippen molar-refractivity contribution in [1.82, 2.24) is 4.72 Å². The Hall–Kier alpha value is -1.73. The van der Waals surface area contributed by atoms with E-state index in [0.717, 1.165) is 0 Å². The van der Waals surface area contributed by atoms with Crippen molar-refractivity contribution in [3.8, 4) is 0 Å². The summed E-state index contributed by atoms with van der Waals surface area (Å²) in [6, 6.07) is 5.79.